The third-order valence-electron chi connectivity index (χ3n) is 4.42. The molecule has 2 amide bonds. The van der Waals surface area contributed by atoms with Crippen molar-refractivity contribution in [2.24, 2.45) is 5.73 Å². The fourth-order valence-electron chi connectivity index (χ4n) is 3.01. The molecule has 1 aliphatic heterocycles. The van der Waals surface area contributed by atoms with Gasteiger partial charge in [-0.15, -0.1) is 0 Å². The number of nitrogens with two attached hydrogens (primary N) is 1. The number of amides is 2. The van der Waals surface area contributed by atoms with E-state index in [1.54, 1.807) is 0 Å². The van der Waals surface area contributed by atoms with Crippen molar-refractivity contribution < 1.29 is 9.59 Å². The fourth-order valence-corrected chi connectivity index (χ4v) is 3.01. The third kappa shape index (κ3) is 4.67. The molecule has 1 unspecified atom stereocenters. The van der Waals surface area contributed by atoms with Gasteiger partial charge in [0.05, 0.1) is 0 Å². The van der Waals surface area contributed by atoms with E-state index in [1.165, 1.54) is 0 Å². The minimum Gasteiger partial charge on any atom is -0.338 e. The summed E-state index contributed by atoms with van der Waals surface area (Å²) in [4.78, 5) is 25.7. The zero-order valence-corrected chi connectivity index (χ0v) is 14.2. The Labute approximate surface area is 147 Å². The van der Waals surface area contributed by atoms with Crippen LogP contribution in [0.5, 0.6) is 0 Å². The van der Waals surface area contributed by atoms with Crippen molar-refractivity contribution in [2.45, 2.75) is 31.8 Å². The smallest absolute Gasteiger partial charge is 0.226 e. The molecule has 0 radical (unpaired) electrons. The molecule has 1 heterocycles. The molecule has 1 fully saturated rings. The van der Waals surface area contributed by atoms with Gasteiger partial charge >= 0.3 is 0 Å². The summed E-state index contributed by atoms with van der Waals surface area (Å²) in [5.74, 6) is 0.103. The first-order valence-corrected chi connectivity index (χ1v) is 8.59. The predicted octanol–water partition coefficient (Wildman–Crippen LogP) is 2.84. The number of likely N-dealkylation sites (tertiary alicyclic amines) is 1. The largest absolute Gasteiger partial charge is 0.338 e. The average Bonchev–Trinajstić information content (AvgIpc) is 3.02. The molecule has 1 saturated heterocycles. The van der Waals surface area contributed by atoms with Crippen molar-refractivity contribution in [3.8, 4) is 0 Å². The van der Waals surface area contributed by atoms with Crippen molar-refractivity contribution in [3.05, 3.63) is 65.7 Å². The maximum absolute atomic E-state index is 12.2. The molecule has 3 N–H and O–H groups in total. The normalized spacial score (nSPS) is 15.2. The van der Waals surface area contributed by atoms with Crippen LogP contribution in [0.15, 0.2) is 54.6 Å². The predicted molar refractivity (Wildman–Crippen MR) is 97.7 cm³/mol. The highest BCUT2D eigenvalue weighted by atomic mass is 16.2. The van der Waals surface area contributed by atoms with E-state index in [0.29, 0.717) is 13.0 Å². The van der Waals surface area contributed by atoms with Crippen LogP contribution in [-0.4, -0.2) is 23.3 Å². The molecule has 1 atom stereocenters. The van der Waals surface area contributed by atoms with Gasteiger partial charge in [0.25, 0.3) is 0 Å². The van der Waals surface area contributed by atoms with Gasteiger partial charge < -0.3 is 16.0 Å². The molecule has 2 aromatic rings. The van der Waals surface area contributed by atoms with E-state index in [1.807, 2.05) is 59.5 Å². The monoisotopic (exact) mass is 337 g/mol. The van der Waals surface area contributed by atoms with Gasteiger partial charge in [-0.25, -0.2) is 0 Å². The van der Waals surface area contributed by atoms with Crippen molar-refractivity contribution in [3.63, 3.8) is 0 Å². The van der Waals surface area contributed by atoms with E-state index in [9.17, 15) is 9.59 Å². The van der Waals surface area contributed by atoms with Crippen molar-refractivity contribution >= 4 is 17.5 Å². The van der Waals surface area contributed by atoms with Crippen LogP contribution in [0, 0.1) is 0 Å². The van der Waals surface area contributed by atoms with Gasteiger partial charge in [-0.2, -0.15) is 0 Å². The van der Waals surface area contributed by atoms with Crippen LogP contribution in [0.3, 0.4) is 0 Å². The van der Waals surface area contributed by atoms with Crippen LogP contribution in [0.1, 0.15) is 36.4 Å². The number of anilines is 1. The Kier molecular flexibility index (Phi) is 5.46. The first-order valence-electron chi connectivity index (χ1n) is 8.59. The van der Waals surface area contributed by atoms with Crippen LogP contribution in [-0.2, 0) is 16.1 Å². The van der Waals surface area contributed by atoms with E-state index in [0.717, 1.165) is 29.8 Å². The number of nitrogens with zero attached hydrogens (tertiary/aromatic N) is 1. The number of hydrogen-bond acceptors (Lipinski definition) is 3. The second-order valence-electron chi connectivity index (χ2n) is 6.39. The number of rotatable bonds is 6. The van der Waals surface area contributed by atoms with E-state index >= 15 is 0 Å². The van der Waals surface area contributed by atoms with Crippen LogP contribution >= 0.6 is 0 Å². The minimum absolute atomic E-state index is 0.112. The van der Waals surface area contributed by atoms with Gasteiger partial charge in [-0.05, 0) is 29.7 Å². The van der Waals surface area contributed by atoms with Crippen molar-refractivity contribution in [1.82, 2.24) is 4.90 Å². The Hall–Kier alpha value is -2.66. The zero-order valence-electron chi connectivity index (χ0n) is 14.2. The summed E-state index contributed by atoms with van der Waals surface area (Å²) in [5, 5.41) is 2.87. The highest BCUT2D eigenvalue weighted by Crippen LogP contribution is 2.18. The Morgan fingerprint density at radius 2 is 1.84 bits per heavy atom. The number of carbonyl (C=O) groups excluding carboxylic acids is 2. The molecule has 5 nitrogen and oxygen atoms in total. The van der Waals surface area contributed by atoms with Gasteiger partial charge in [-0.3, -0.25) is 9.59 Å². The summed E-state index contributed by atoms with van der Waals surface area (Å²) in [6, 6.07) is 16.9. The Morgan fingerprint density at radius 3 is 2.48 bits per heavy atom. The molecule has 5 heteroatoms. The summed E-state index contributed by atoms with van der Waals surface area (Å²) in [7, 11) is 0. The number of hydrogen-bond donors (Lipinski definition) is 2. The van der Waals surface area contributed by atoms with E-state index in [4.69, 9.17) is 5.73 Å². The van der Waals surface area contributed by atoms with Crippen molar-refractivity contribution in [2.75, 3.05) is 11.9 Å². The minimum atomic E-state index is -0.318. The summed E-state index contributed by atoms with van der Waals surface area (Å²) < 4.78 is 0. The van der Waals surface area contributed by atoms with Crippen LogP contribution < -0.4 is 11.1 Å². The molecule has 130 valence electrons. The molecule has 0 aromatic heterocycles. The topological polar surface area (TPSA) is 75.4 Å². The van der Waals surface area contributed by atoms with Crippen LogP contribution in [0.2, 0.25) is 0 Å². The molecule has 3 rings (SSSR count). The Morgan fingerprint density at radius 1 is 1.12 bits per heavy atom. The molecule has 0 aliphatic carbocycles. The zero-order chi connectivity index (χ0) is 17.6. The molecule has 25 heavy (non-hydrogen) atoms. The number of benzene rings is 2. The summed E-state index contributed by atoms with van der Waals surface area (Å²) in [6.45, 7) is 1.46. The molecule has 2 aromatic carbocycles. The number of carbonyl (C=O) groups is 2. The van der Waals surface area contributed by atoms with Gasteiger partial charge in [0, 0.05) is 37.7 Å². The summed E-state index contributed by atoms with van der Waals surface area (Å²) in [6.07, 6.45) is 1.82. The lowest BCUT2D eigenvalue weighted by molar-refractivity contribution is -0.128. The lowest BCUT2D eigenvalue weighted by atomic mass is 10.0. The van der Waals surface area contributed by atoms with E-state index < -0.39 is 0 Å². The number of nitrogens with one attached hydrogen (secondary N) is 1. The lowest BCUT2D eigenvalue weighted by Gasteiger charge is -2.16. The average molecular weight is 337 g/mol. The molecular weight excluding hydrogens is 314 g/mol. The van der Waals surface area contributed by atoms with E-state index in [-0.39, 0.29) is 24.3 Å². The van der Waals surface area contributed by atoms with Gasteiger partial charge in [0.15, 0.2) is 0 Å². The molecule has 1 aliphatic rings. The van der Waals surface area contributed by atoms with Crippen molar-refractivity contribution in [1.29, 1.82) is 0 Å². The highest BCUT2D eigenvalue weighted by molar-refractivity contribution is 5.91. The quantitative estimate of drug-likeness (QED) is 0.851. The SMILES string of the molecule is NC(CC(=O)Nc1ccc(CN2CCCC2=O)cc1)c1ccccc1. The maximum atomic E-state index is 12.2. The van der Waals surface area contributed by atoms with Crippen LogP contribution in [0.25, 0.3) is 0 Å². The molecule has 0 spiro atoms. The second-order valence-corrected chi connectivity index (χ2v) is 6.39. The molecule has 0 saturated carbocycles. The van der Waals surface area contributed by atoms with Gasteiger partial charge in [0.1, 0.15) is 0 Å². The Bertz CT molecular complexity index is 728. The first kappa shape index (κ1) is 17.2. The summed E-state index contributed by atoms with van der Waals surface area (Å²) >= 11 is 0. The van der Waals surface area contributed by atoms with Gasteiger partial charge in [-0.1, -0.05) is 42.5 Å². The summed E-state index contributed by atoms with van der Waals surface area (Å²) in [5.41, 5.74) is 8.83. The lowest BCUT2D eigenvalue weighted by Crippen LogP contribution is -2.23. The van der Waals surface area contributed by atoms with Crippen LogP contribution in [0.4, 0.5) is 5.69 Å². The highest BCUT2D eigenvalue weighted by Gasteiger charge is 2.19. The maximum Gasteiger partial charge on any atom is 0.226 e. The Balaban J connectivity index is 1.52. The molecule has 0 bridgehead atoms. The second kappa shape index (κ2) is 7.94. The van der Waals surface area contributed by atoms with E-state index in [2.05, 4.69) is 5.32 Å². The first-order chi connectivity index (χ1) is 12.1. The van der Waals surface area contributed by atoms with Gasteiger partial charge in [0.2, 0.25) is 11.8 Å². The molecular formula is C20H23N3O2. The standard InChI is InChI=1S/C20H23N3O2/c21-18(16-5-2-1-3-6-16)13-19(24)22-17-10-8-15(9-11-17)14-23-12-4-7-20(23)25/h1-3,5-6,8-11,18H,4,7,12-14,21H2,(H,22,24). The fraction of sp³-hybridized carbons (Fsp3) is 0.300. The third-order valence-corrected chi connectivity index (χ3v) is 4.42.